The monoisotopic (exact) mass is 283 g/mol. The number of esters is 1. The smallest absolute Gasteiger partial charge is 0.302 e. The zero-order valence-corrected chi connectivity index (χ0v) is 11.2. The molecular formula is C13H11Cl2NO2. The van der Waals surface area contributed by atoms with Crippen molar-refractivity contribution in [3.63, 3.8) is 0 Å². The van der Waals surface area contributed by atoms with Gasteiger partial charge in [-0.1, -0.05) is 23.2 Å². The van der Waals surface area contributed by atoms with Gasteiger partial charge in [0.1, 0.15) is 6.61 Å². The van der Waals surface area contributed by atoms with Crippen molar-refractivity contribution >= 4 is 29.2 Å². The maximum Gasteiger partial charge on any atom is 0.302 e. The minimum atomic E-state index is -0.367. The summed E-state index contributed by atoms with van der Waals surface area (Å²) in [5.41, 5.74) is 1.41. The summed E-state index contributed by atoms with van der Waals surface area (Å²) < 4.78 is 6.82. The van der Waals surface area contributed by atoms with Crippen molar-refractivity contribution in [2.75, 3.05) is 0 Å². The molecule has 2 rings (SSSR count). The van der Waals surface area contributed by atoms with Crippen molar-refractivity contribution in [3.05, 3.63) is 52.3 Å². The third-order valence-electron chi connectivity index (χ3n) is 2.47. The fraction of sp³-hybridized carbons (Fsp3) is 0.154. The van der Waals surface area contributed by atoms with Crippen LogP contribution >= 0.6 is 23.2 Å². The molecule has 0 radical (unpaired) electrons. The number of ether oxygens (including phenoxy) is 1. The Morgan fingerprint density at radius 1 is 1.28 bits per heavy atom. The van der Waals surface area contributed by atoms with Gasteiger partial charge in [-0.15, -0.1) is 0 Å². The van der Waals surface area contributed by atoms with Gasteiger partial charge in [0.05, 0.1) is 10.7 Å². The average molecular weight is 284 g/mol. The Kier molecular flexibility index (Phi) is 3.94. The Balaban J connectivity index is 2.40. The molecule has 0 unspecified atom stereocenters. The van der Waals surface area contributed by atoms with E-state index in [0.717, 1.165) is 5.69 Å². The lowest BCUT2D eigenvalue weighted by molar-refractivity contribution is -0.142. The van der Waals surface area contributed by atoms with Gasteiger partial charge in [0, 0.05) is 29.9 Å². The molecule has 0 N–H and O–H groups in total. The van der Waals surface area contributed by atoms with Gasteiger partial charge in [0.25, 0.3) is 0 Å². The van der Waals surface area contributed by atoms with Gasteiger partial charge >= 0.3 is 5.97 Å². The Morgan fingerprint density at radius 3 is 2.56 bits per heavy atom. The van der Waals surface area contributed by atoms with Gasteiger partial charge in [-0.3, -0.25) is 4.79 Å². The van der Waals surface area contributed by atoms with E-state index in [1.165, 1.54) is 6.92 Å². The lowest BCUT2D eigenvalue weighted by atomic mass is 10.2. The van der Waals surface area contributed by atoms with Crippen LogP contribution in [0.1, 0.15) is 12.5 Å². The minimum absolute atomic E-state index is 0.0715. The van der Waals surface area contributed by atoms with Crippen LogP contribution in [0.15, 0.2) is 36.7 Å². The largest absolute Gasteiger partial charge is 0.461 e. The summed E-state index contributed by atoms with van der Waals surface area (Å²) in [5, 5.41) is 0.970. The molecule has 0 aliphatic carbocycles. The van der Waals surface area contributed by atoms with E-state index in [1.54, 1.807) is 6.07 Å². The van der Waals surface area contributed by atoms with E-state index >= 15 is 0 Å². The highest BCUT2D eigenvalue weighted by atomic mass is 35.5. The predicted molar refractivity (Wildman–Crippen MR) is 71.3 cm³/mol. The van der Waals surface area contributed by atoms with Gasteiger partial charge in [0.15, 0.2) is 0 Å². The number of carbonyl (C=O) groups excluding carboxylic acids is 1. The van der Waals surface area contributed by atoms with Crippen LogP contribution in [0, 0.1) is 0 Å². The summed E-state index contributed by atoms with van der Waals surface area (Å²) in [6, 6.07) is 7.36. The van der Waals surface area contributed by atoms with Crippen LogP contribution in [0.5, 0.6) is 0 Å². The quantitative estimate of drug-likeness (QED) is 0.802. The van der Waals surface area contributed by atoms with Crippen LogP contribution in [-0.4, -0.2) is 10.5 Å². The van der Waals surface area contributed by atoms with Crippen LogP contribution in [0.3, 0.4) is 0 Å². The molecule has 0 aliphatic heterocycles. The molecule has 3 nitrogen and oxygen atoms in total. The SMILES string of the molecule is CC(=O)OCc1c(Cl)ccc(-n2cccc2)c1Cl. The highest BCUT2D eigenvalue weighted by Gasteiger charge is 2.12. The van der Waals surface area contributed by atoms with E-state index in [0.29, 0.717) is 15.6 Å². The minimum Gasteiger partial charge on any atom is -0.461 e. The van der Waals surface area contributed by atoms with Crippen molar-refractivity contribution in [1.82, 2.24) is 4.57 Å². The van der Waals surface area contributed by atoms with Crippen molar-refractivity contribution in [2.24, 2.45) is 0 Å². The summed E-state index contributed by atoms with van der Waals surface area (Å²) in [4.78, 5) is 10.8. The zero-order chi connectivity index (χ0) is 13.1. The van der Waals surface area contributed by atoms with E-state index in [4.69, 9.17) is 27.9 Å². The number of nitrogens with zero attached hydrogens (tertiary/aromatic N) is 1. The molecule has 0 atom stereocenters. The first-order valence-electron chi connectivity index (χ1n) is 5.33. The summed E-state index contributed by atoms with van der Waals surface area (Å²) in [5.74, 6) is -0.367. The molecule has 1 aromatic heterocycles. The van der Waals surface area contributed by atoms with Gasteiger partial charge in [-0.2, -0.15) is 0 Å². The van der Waals surface area contributed by atoms with Gasteiger partial charge in [-0.25, -0.2) is 0 Å². The van der Waals surface area contributed by atoms with Gasteiger partial charge in [-0.05, 0) is 24.3 Å². The van der Waals surface area contributed by atoms with Crippen LogP contribution < -0.4 is 0 Å². The average Bonchev–Trinajstić information content (AvgIpc) is 2.82. The molecule has 1 heterocycles. The maximum atomic E-state index is 10.8. The molecule has 0 fully saturated rings. The molecule has 0 saturated carbocycles. The number of hydrogen-bond acceptors (Lipinski definition) is 2. The predicted octanol–water partition coefficient (Wildman–Crippen LogP) is 3.85. The van der Waals surface area contributed by atoms with Crippen molar-refractivity contribution in [3.8, 4) is 5.69 Å². The Bertz CT molecular complexity index is 565. The van der Waals surface area contributed by atoms with Crippen LogP contribution in [-0.2, 0) is 16.1 Å². The summed E-state index contributed by atoms with van der Waals surface area (Å²) >= 11 is 12.4. The van der Waals surface area contributed by atoms with Gasteiger partial charge in [0.2, 0.25) is 0 Å². The molecule has 0 spiro atoms. The molecule has 2 aromatic rings. The van der Waals surface area contributed by atoms with Crippen LogP contribution in [0.25, 0.3) is 5.69 Å². The topological polar surface area (TPSA) is 31.2 Å². The third kappa shape index (κ3) is 2.68. The molecule has 1 aromatic carbocycles. The van der Waals surface area contributed by atoms with Crippen molar-refractivity contribution < 1.29 is 9.53 Å². The molecule has 0 bridgehead atoms. The zero-order valence-electron chi connectivity index (χ0n) is 9.69. The second kappa shape index (κ2) is 5.46. The second-order valence-corrected chi connectivity index (χ2v) is 4.51. The first kappa shape index (κ1) is 13.0. The fourth-order valence-electron chi connectivity index (χ4n) is 1.59. The number of halogens is 2. The molecule has 0 aliphatic rings. The van der Waals surface area contributed by atoms with E-state index in [9.17, 15) is 4.79 Å². The van der Waals surface area contributed by atoms with Crippen LogP contribution in [0.4, 0.5) is 0 Å². The Labute approximate surface area is 115 Å². The molecule has 94 valence electrons. The number of aromatic nitrogens is 1. The normalized spacial score (nSPS) is 10.4. The summed E-state index contributed by atoms with van der Waals surface area (Å²) in [6.45, 7) is 1.42. The van der Waals surface area contributed by atoms with E-state index in [1.807, 2.05) is 35.2 Å². The van der Waals surface area contributed by atoms with E-state index in [-0.39, 0.29) is 12.6 Å². The molecule has 0 amide bonds. The molecular weight excluding hydrogens is 273 g/mol. The maximum absolute atomic E-state index is 10.8. The number of rotatable bonds is 3. The van der Waals surface area contributed by atoms with Crippen molar-refractivity contribution in [2.45, 2.75) is 13.5 Å². The van der Waals surface area contributed by atoms with Crippen LogP contribution in [0.2, 0.25) is 10.0 Å². The summed E-state index contributed by atoms with van der Waals surface area (Å²) in [7, 11) is 0. The first-order chi connectivity index (χ1) is 8.59. The Morgan fingerprint density at radius 2 is 1.94 bits per heavy atom. The fourth-order valence-corrected chi connectivity index (χ4v) is 2.16. The third-order valence-corrected chi connectivity index (χ3v) is 3.24. The lowest BCUT2D eigenvalue weighted by Gasteiger charge is -2.12. The number of benzene rings is 1. The number of hydrogen-bond donors (Lipinski definition) is 0. The Hall–Kier alpha value is -1.45. The lowest BCUT2D eigenvalue weighted by Crippen LogP contribution is -2.02. The summed E-state index contributed by atoms with van der Waals surface area (Å²) in [6.07, 6.45) is 3.76. The van der Waals surface area contributed by atoms with Crippen molar-refractivity contribution in [1.29, 1.82) is 0 Å². The molecule has 5 heteroatoms. The molecule has 0 saturated heterocycles. The highest BCUT2D eigenvalue weighted by Crippen LogP contribution is 2.31. The highest BCUT2D eigenvalue weighted by molar-refractivity contribution is 6.37. The van der Waals surface area contributed by atoms with E-state index in [2.05, 4.69) is 0 Å². The first-order valence-corrected chi connectivity index (χ1v) is 6.09. The van der Waals surface area contributed by atoms with Gasteiger partial charge < -0.3 is 9.30 Å². The van der Waals surface area contributed by atoms with E-state index < -0.39 is 0 Å². The second-order valence-electron chi connectivity index (χ2n) is 3.73. The number of carbonyl (C=O) groups is 1. The molecule has 18 heavy (non-hydrogen) atoms. The standard InChI is InChI=1S/C13H11Cl2NO2/c1-9(17)18-8-10-11(14)4-5-12(13(10)15)16-6-2-3-7-16/h2-7H,8H2,1H3.